The summed E-state index contributed by atoms with van der Waals surface area (Å²) in [6.07, 6.45) is 0. The van der Waals surface area contributed by atoms with E-state index in [1.54, 1.807) is 0 Å². The van der Waals surface area contributed by atoms with Crippen molar-refractivity contribution < 1.29 is 18.7 Å². The lowest BCUT2D eigenvalue weighted by Crippen LogP contribution is -2.41. The molecule has 13 heavy (non-hydrogen) atoms. The van der Waals surface area contributed by atoms with Crippen molar-refractivity contribution in [3.8, 4) is 0 Å². The number of carboxylic acids is 1. The van der Waals surface area contributed by atoms with Crippen molar-refractivity contribution in [1.82, 2.24) is 4.90 Å². The second kappa shape index (κ2) is 4.50. The summed E-state index contributed by atoms with van der Waals surface area (Å²) in [4.78, 5) is 11.4. The maximum atomic E-state index is 12.6. The molecule has 0 saturated carbocycles. The summed E-state index contributed by atoms with van der Waals surface area (Å²) < 4.78 is 25.2. The standard InChI is InChI=1S/C8H15F2NO2/c1-6(2)4-11(3)5-8(9,10)7(12)13/h6H,4-5H2,1-3H3,(H,12,13). The quantitative estimate of drug-likeness (QED) is 0.718. The molecule has 0 spiro atoms. The first kappa shape index (κ1) is 12.3. The van der Waals surface area contributed by atoms with Gasteiger partial charge in [-0.05, 0) is 13.0 Å². The van der Waals surface area contributed by atoms with Gasteiger partial charge in [0.05, 0.1) is 6.54 Å². The van der Waals surface area contributed by atoms with E-state index in [9.17, 15) is 13.6 Å². The van der Waals surface area contributed by atoms with E-state index in [-0.39, 0.29) is 5.92 Å². The smallest absolute Gasteiger partial charge is 0.375 e. The molecule has 0 amide bonds. The number of rotatable bonds is 5. The largest absolute Gasteiger partial charge is 0.477 e. The van der Waals surface area contributed by atoms with Gasteiger partial charge in [-0.3, -0.25) is 4.90 Å². The van der Waals surface area contributed by atoms with Crippen LogP contribution < -0.4 is 0 Å². The molecule has 0 bridgehead atoms. The number of alkyl halides is 2. The summed E-state index contributed by atoms with van der Waals surface area (Å²) in [5, 5.41) is 8.15. The second-order valence-electron chi connectivity index (χ2n) is 3.60. The molecule has 0 atom stereocenters. The molecule has 0 aliphatic heterocycles. The van der Waals surface area contributed by atoms with Gasteiger partial charge in [0.25, 0.3) is 0 Å². The van der Waals surface area contributed by atoms with Crippen LogP contribution in [0.15, 0.2) is 0 Å². The summed E-state index contributed by atoms with van der Waals surface area (Å²) in [6.45, 7) is 3.49. The third-order valence-corrected chi connectivity index (χ3v) is 1.46. The summed E-state index contributed by atoms with van der Waals surface area (Å²) in [5.41, 5.74) is 0. The van der Waals surface area contributed by atoms with Crippen molar-refractivity contribution in [2.45, 2.75) is 19.8 Å². The van der Waals surface area contributed by atoms with Crippen molar-refractivity contribution >= 4 is 5.97 Å². The Labute approximate surface area is 76.3 Å². The van der Waals surface area contributed by atoms with Crippen molar-refractivity contribution in [2.24, 2.45) is 5.92 Å². The topological polar surface area (TPSA) is 40.5 Å². The van der Waals surface area contributed by atoms with Crippen molar-refractivity contribution in [3.05, 3.63) is 0 Å². The molecule has 0 fully saturated rings. The van der Waals surface area contributed by atoms with E-state index in [0.717, 1.165) is 0 Å². The molecule has 3 nitrogen and oxygen atoms in total. The number of halogens is 2. The van der Waals surface area contributed by atoms with Gasteiger partial charge in [-0.2, -0.15) is 8.78 Å². The van der Waals surface area contributed by atoms with Gasteiger partial charge in [0, 0.05) is 6.54 Å². The Kier molecular flexibility index (Phi) is 4.26. The van der Waals surface area contributed by atoms with Gasteiger partial charge >= 0.3 is 11.9 Å². The van der Waals surface area contributed by atoms with Gasteiger partial charge in [-0.1, -0.05) is 13.8 Å². The highest BCUT2D eigenvalue weighted by atomic mass is 19.3. The third kappa shape index (κ3) is 4.77. The Balaban J connectivity index is 4.04. The zero-order chi connectivity index (χ0) is 10.6. The van der Waals surface area contributed by atoms with Crippen molar-refractivity contribution in [3.63, 3.8) is 0 Å². The fourth-order valence-corrected chi connectivity index (χ4v) is 1.09. The fourth-order valence-electron chi connectivity index (χ4n) is 1.09. The molecule has 5 heteroatoms. The van der Waals surface area contributed by atoms with Crippen LogP contribution in [0.3, 0.4) is 0 Å². The fraction of sp³-hybridized carbons (Fsp3) is 0.875. The van der Waals surface area contributed by atoms with E-state index in [4.69, 9.17) is 5.11 Å². The van der Waals surface area contributed by atoms with Crippen molar-refractivity contribution in [1.29, 1.82) is 0 Å². The zero-order valence-electron chi connectivity index (χ0n) is 8.05. The number of carboxylic acid groups (broad SMARTS) is 1. The highest BCUT2D eigenvalue weighted by Gasteiger charge is 2.39. The van der Waals surface area contributed by atoms with E-state index >= 15 is 0 Å². The van der Waals surface area contributed by atoms with Crippen LogP contribution in [0.1, 0.15) is 13.8 Å². The zero-order valence-corrected chi connectivity index (χ0v) is 8.05. The van der Waals surface area contributed by atoms with Crippen LogP contribution in [0, 0.1) is 5.92 Å². The van der Waals surface area contributed by atoms with Gasteiger partial charge < -0.3 is 5.11 Å². The molecule has 0 radical (unpaired) electrons. The summed E-state index contributed by atoms with van der Waals surface area (Å²) in [7, 11) is 1.48. The molecule has 0 aliphatic rings. The monoisotopic (exact) mass is 195 g/mol. The molecule has 0 aromatic rings. The van der Waals surface area contributed by atoms with Crippen LogP contribution in [0.4, 0.5) is 8.78 Å². The predicted octanol–water partition coefficient (Wildman–Crippen LogP) is 1.29. The van der Waals surface area contributed by atoms with E-state index in [1.165, 1.54) is 11.9 Å². The van der Waals surface area contributed by atoms with Crippen LogP contribution in [0.5, 0.6) is 0 Å². The lowest BCUT2D eigenvalue weighted by Gasteiger charge is -2.22. The Bertz CT molecular complexity index is 183. The molecular weight excluding hydrogens is 180 g/mol. The van der Waals surface area contributed by atoms with Gasteiger partial charge in [-0.15, -0.1) is 0 Å². The van der Waals surface area contributed by atoms with Crippen LogP contribution in [0.25, 0.3) is 0 Å². The normalized spacial score (nSPS) is 12.5. The van der Waals surface area contributed by atoms with Crippen LogP contribution in [-0.4, -0.2) is 42.0 Å². The SMILES string of the molecule is CC(C)CN(C)CC(F)(F)C(=O)O. The highest BCUT2D eigenvalue weighted by molar-refractivity contribution is 5.75. The summed E-state index contributed by atoms with van der Waals surface area (Å²) >= 11 is 0. The average Bonchev–Trinajstić information content (AvgIpc) is 1.82. The van der Waals surface area contributed by atoms with Crippen LogP contribution in [0.2, 0.25) is 0 Å². The summed E-state index contributed by atoms with van der Waals surface area (Å²) in [6, 6.07) is 0. The lowest BCUT2D eigenvalue weighted by molar-refractivity contribution is -0.167. The van der Waals surface area contributed by atoms with Crippen molar-refractivity contribution in [2.75, 3.05) is 20.1 Å². The second-order valence-corrected chi connectivity index (χ2v) is 3.60. The molecule has 0 aromatic heterocycles. The minimum absolute atomic E-state index is 0.245. The van der Waals surface area contributed by atoms with Crippen LogP contribution >= 0.6 is 0 Å². The van der Waals surface area contributed by atoms with Gasteiger partial charge in [0.2, 0.25) is 0 Å². The van der Waals surface area contributed by atoms with Gasteiger partial charge in [0.15, 0.2) is 0 Å². The number of carbonyl (C=O) groups is 1. The first-order chi connectivity index (χ1) is 5.75. The third-order valence-electron chi connectivity index (χ3n) is 1.46. The Hall–Kier alpha value is -0.710. The molecular formula is C8H15F2NO2. The number of hydrogen-bond donors (Lipinski definition) is 1. The average molecular weight is 195 g/mol. The van der Waals surface area contributed by atoms with E-state index in [2.05, 4.69) is 0 Å². The maximum Gasteiger partial charge on any atom is 0.375 e. The Morgan fingerprint density at radius 3 is 2.31 bits per heavy atom. The predicted molar refractivity (Wildman–Crippen MR) is 44.9 cm³/mol. The molecule has 0 aliphatic carbocycles. The first-order valence-corrected chi connectivity index (χ1v) is 4.05. The first-order valence-electron chi connectivity index (χ1n) is 4.05. The number of hydrogen-bond acceptors (Lipinski definition) is 2. The number of aliphatic carboxylic acids is 1. The van der Waals surface area contributed by atoms with Crippen LogP contribution in [-0.2, 0) is 4.79 Å². The maximum absolute atomic E-state index is 12.6. The number of nitrogens with zero attached hydrogens (tertiary/aromatic N) is 1. The Morgan fingerprint density at radius 1 is 1.54 bits per heavy atom. The molecule has 0 rings (SSSR count). The highest BCUT2D eigenvalue weighted by Crippen LogP contribution is 2.15. The lowest BCUT2D eigenvalue weighted by atomic mass is 10.2. The minimum atomic E-state index is -3.65. The molecule has 0 heterocycles. The van der Waals surface area contributed by atoms with Gasteiger partial charge in [0.1, 0.15) is 0 Å². The molecule has 78 valence electrons. The Morgan fingerprint density at radius 2 is 2.00 bits per heavy atom. The minimum Gasteiger partial charge on any atom is -0.477 e. The van der Waals surface area contributed by atoms with E-state index < -0.39 is 18.4 Å². The molecule has 0 unspecified atom stereocenters. The van der Waals surface area contributed by atoms with E-state index in [0.29, 0.717) is 6.54 Å². The molecule has 0 saturated heterocycles. The molecule has 1 N–H and O–H groups in total. The summed E-state index contributed by atoms with van der Waals surface area (Å²) in [5.74, 6) is -5.47. The van der Waals surface area contributed by atoms with Gasteiger partial charge in [-0.25, -0.2) is 4.79 Å². The molecule has 0 aromatic carbocycles. The van der Waals surface area contributed by atoms with E-state index in [1.807, 2.05) is 13.8 Å².